The molecule has 96 valence electrons. The first-order valence-electron chi connectivity index (χ1n) is 6.12. The molecule has 1 aromatic carbocycles. The number of aryl methyl sites for hydroxylation is 2. The molecule has 1 heterocycles. The molecule has 0 saturated heterocycles. The van der Waals surface area contributed by atoms with Gasteiger partial charge in [-0.3, -0.25) is 5.10 Å². The first-order chi connectivity index (χ1) is 8.72. The summed E-state index contributed by atoms with van der Waals surface area (Å²) in [5.41, 5.74) is 4.35. The third-order valence-corrected chi connectivity index (χ3v) is 3.19. The smallest absolute Gasteiger partial charge is 0.0638 e. The third-order valence-electron chi connectivity index (χ3n) is 3.19. The van der Waals surface area contributed by atoms with Crippen molar-refractivity contribution in [2.45, 2.75) is 26.4 Å². The highest BCUT2D eigenvalue weighted by molar-refractivity contribution is 5.24. The molecule has 0 aliphatic rings. The molecule has 0 saturated carbocycles. The number of aliphatic hydroxyl groups excluding tert-OH is 1. The molecule has 1 atom stereocenters. The van der Waals surface area contributed by atoms with Gasteiger partial charge in [0.2, 0.25) is 0 Å². The average molecular weight is 245 g/mol. The van der Waals surface area contributed by atoms with E-state index >= 15 is 0 Å². The van der Waals surface area contributed by atoms with Gasteiger partial charge in [0.05, 0.1) is 18.3 Å². The average Bonchev–Trinajstić information content (AvgIpc) is 2.72. The van der Waals surface area contributed by atoms with Crippen LogP contribution in [0.3, 0.4) is 0 Å². The fourth-order valence-corrected chi connectivity index (χ4v) is 2.03. The Kier molecular flexibility index (Phi) is 4.12. The van der Waals surface area contributed by atoms with Crippen molar-refractivity contribution < 1.29 is 5.11 Å². The molecule has 0 spiro atoms. The number of aliphatic hydroxyl groups is 1. The summed E-state index contributed by atoms with van der Waals surface area (Å²) in [5, 5.41) is 20.0. The molecule has 18 heavy (non-hydrogen) atoms. The van der Waals surface area contributed by atoms with Crippen LogP contribution < -0.4 is 5.32 Å². The van der Waals surface area contributed by atoms with Gasteiger partial charge in [-0.25, -0.2) is 0 Å². The standard InChI is InChI=1S/C14H19N3O/c1-10-13(11(2)17-16-10)8-15-14(9-18)12-6-4-3-5-7-12/h3-7,14-15,18H,8-9H2,1-2H3,(H,16,17). The Labute approximate surface area is 107 Å². The van der Waals surface area contributed by atoms with E-state index in [1.54, 1.807) is 0 Å². The Morgan fingerprint density at radius 1 is 1.28 bits per heavy atom. The number of hydrogen-bond acceptors (Lipinski definition) is 3. The van der Waals surface area contributed by atoms with Crippen LogP contribution >= 0.6 is 0 Å². The SMILES string of the molecule is Cc1n[nH]c(C)c1CNC(CO)c1ccccc1. The zero-order chi connectivity index (χ0) is 13.0. The lowest BCUT2D eigenvalue weighted by Gasteiger charge is -2.16. The molecule has 4 heteroatoms. The van der Waals surface area contributed by atoms with Crippen molar-refractivity contribution in [1.29, 1.82) is 0 Å². The Balaban J connectivity index is 2.04. The van der Waals surface area contributed by atoms with Crippen LogP contribution in [0.2, 0.25) is 0 Å². The summed E-state index contributed by atoms with van der Waals surface area (Å²) in [6, 6.07) is 9.93. The molecule has 0 amide bonds. The molecule has 0 aliphatic carbocycles. The highest BCUT2D eigenvalue weighted by atomic mass is 16.3. The Morgan fingerprint density at radius 3 is 2.56 bits per heavy atom. The number of nitrogens with zero attached hydrogens (tertiary/aromatic N) is 1. The molecular formula is C14H19N3O. The molecule has 0 aliphatic heterocycles. The van der Waals surface area contributed by atoms with E-state index in [-0.39, 0.29) is 12.6 Å². The van der Waals surface area contributed by atoms with Gasteiger partial charge in [-0.15, -0.1) is 0 Å². The summed E-state index contributed by atoms with van der Waals surface area (Å²) >= 11 is 0. The van der Waals surface area contributed by atoms with E-state index in [0.717, 1.165) is 17.0 Å². The van der Waals surface area contributed by atoms with Gasteiger partial charge in [-0.2, -0.15) is 5.10 Å². The van der Waals surface area contributed by atoms with E-state index in [0.29, 0.717) is 6.54 Å². The molecular weight excluding hydrogens is 226 g/mol. The highest BCUT2D eigenvalue weighted by Gasteiger charge is 2.12. The van der Waals surface area contributed by atoms with E-state index in [4.69, 9.17) is 0 Å². The van der Waals surface area contributed by atoms with Crippen LogP contribution in [0.15, 0.2) is 30.3 Å². The molecule has 1 unspecified atom stereocenters. The molecule has 4 nitrogen and oxygen atoms in total. The topological polar surface area (TPSA) is 60.9 Å². The summed E-state index contributed by atoms with van der Waals surface area (Å²) in [5.74, 6) is 0. The molecule has 3 N–H and O–H groups in total. The van der Waals surface area contributed by atoms with Gasteiger partial charge in [-0.05, 0) is 19.4 Å². The Hall–Kier alpha value is -1.65. The fourth-order valence-electron chi connectivity index (χ4n) is 2.03. The minimum atomic E-state index is -0.0418. The molecule has 0 radical (unpaired) electrons. The van der Waals surface area contributed by atoms with E-state index in [1.165, 1.54) is 5.56 Å². The van der Waals surface area contributed by atoms with Crippen molar-refractivity contribution in [3.05, 3.63) is 52.8 Å². The van der Waals surface area contributed by atoms with Crippen LogP contribution in [-0.4, -0.2) is 21.9 Å². The van der Waals surface area contributed by atoms with Crippen LogP contribution in [0, 0.1) is 13.8 Å². The zero-order valence-corrected chi connectivity index (χ0v) is 10.8. The van der Waals surface area contributed by atoms with Crippen LogP contribution in [0.4, 0.5) is 0 Å². The van der Waals surface area contributed by atoms with Crippen LogP contribution in [-0.2, 0) is 6.54 Å². The summed E-state index contributed by atoms with van der Waals surface area (Å²) in [7, 11) is 0. The minimum Gasteiger partial charge on any atom is -0.394 e. The maximum atomic E-state index is 9.46. The second kappa shape index (κ2) is 5.80. The molecule has 2 rings (SSSR count). The largest absolute Gasteiger partial charge is 0.394 e. The van der Waals surface area contributed by atoms with Crippen molar-refractivity contribution in [2.24, 2.45) is 0 Å². The molecule has 0 fully saturated rings. The maximum absolute atomic E-state index is 9.46. The predicted molar refractivity (Wildman–Crippen MR) is 71.2 cm³/mol. The second-order valence-corrected chi connectivity index (χ2v) is 4.44. The van der Waals surface area contributed by atoms with Crippen molar-refractivity contribution in [2.75, 3.05) is 6.61 Å². The number of H-pyrrole nitrogens is 1. The number of aromatic amines is 1. The van der Waals surface area contributed by atoms with E-state index in [2.05, 4.69) is 15.5 Å². The number of nitrogens with one attached hydrogen (secondary N) is 2. The number of benzene rings is 1. The quantitative estimate of drug-likeness (QED) is 0.753. The highest BCUT2D eigenvalue weighted by Crippen LogP contribution is 2.14. The number of aromatic nitrogens is 2. The van der Waals surface area contributed by atoms with Crippen molar-refractivity contribution in [1.82, 2.24) is 15.5 Å². The second-order valence-electron chi connectivity index (χ2n) is 4.44. The van der Waals surface area contributed by atoms with Crippen LogP contribution in [0.1, 0.15) is 28.6 Å². The van der Waals surface area contributed by atoms with Gasteiger partial charge < -0.3 is 10.4 Å². The van der Waals surface area contributed by atoms with Gasteiger partial charge in [0, 0.05) is 17.8 Å². The number of hydrogen-bond donors (Lipinski definition) is 3. The lowest BCUT2D eigenvalue weighted by molar-refractivity contribution is 0.243. The van der Waals surface area contributed by atoms with E-state index in [1.807, 2.05) is 44.2 Å². The Bertz CT molecular complexity index is 473. The van der Waals surface area contributed by atoms with Crippen molar-refractivity contribution in [3.63, 3.8) is 0 Å². The van der Waals surface area contributed by atoms with Gasteiger partial charge >= 0.3 is 0 Å². The summed E-state index contributed by atoms with van der Waals surface area (Å²) < 4.78 is 0. The number of rotatable bonds is 5. The molecule has 1 aromatic heterocycles. The van der Waals surface area contributed by atoms with Gasteiger partial charge in [0.1, 0.15) is 0 Å². The zero-order valence-electron chi connectivity index (χ0n) is 10.8. The first-order valence-corrected chi connectivity index (χ1v) is 6.12. The minimum absolute atomic E-state index is 0.0418. The Morgan fingerprint density at radius 2 is 2.00 bits per heavy atom. The van der Waals surface area contributed by atoms with Crippen molar-refractivity contribution in [3.8, 4) is 0 Å². The van der Waals surface area contributed by atoms with Gasteiger partial charge in [-0.1, -0.05) is 30.3 Å². The van der Waals surface area contributed by atoms with Crippen LogP contribution in [0.25, 0.3) is 0 Å². The van der Waals surface area contributed by atoms with Gasteiger partial charge in [0.25, 0.3) is 0 Å². The lowest BCUT2D eigenvalue weighted by atomic mass is 10.1. The summed E-state index contributed by atoms with van der Waals surface area (Å²) in [4.78, 5) is 0. The van der Waals surface area contributed by atoms with Crippen LogP contribution in [0.5, 0.6) is 0 Å². The van der Waals surface area contributed by atoms with Gasteiger partial charge in [0.15, 0.2) is 0 Å². The first kappa shape index (κ1) is 12.8. The van der Waals surface area contributed by atoms with E-state index < -0.39 is 0 Å². The monoisotopic (exact) mass is 245 g/mol. The summed E-state index contributed by atoms with van der Waals surface area (Å²) in [6.07, 6.45) is 0. The summed E-state index contributed by atoms with van der Waals surface area (Å²) in [6.45, 7) is 4.78. The lowest BCUT2D eigenvalue weighted by Crippen LogP contribution is -2.24. The normalized spacial score (nSPS) is 12.6. The van der Waals surface area contributed by atoms with E-state index in [9.17, 15) is 5.11 Å². The maximum Gasteiger partial charge on any atom is 0.0638 e. The fraction of sp³-hybridized carbons (Fsp3) is 0.357. The molecule has 0 bridgehead atoms. The molecule has 2 aromatic rings. The predicted octanol–water partition coefficient (Wildman–Crippen LogP) is 1.85. The van der Waals surface area contributed by atoms with Crippen molar-refractivity contribution >= 4 is 0 Å². The third kappa shape index (κ3) is 2.78.